The molecule has 0 saturated carbocycles. The van der Waals surface area contributed by atoms with Crippen LogP contribution in [-0.4, -0.2) is 24.7 Å². The lowest BCUT2D eigenvalue weighted by atomic mass is 10.1. The van der Waals surface area contributed by atoms with Gasteiger partial charge in [-0.3, -0.25) is 4.98 Å². The van der Waals surface area contributed by atoms with E-state index in [-0.39, 0.29) is 11.6 Å². The third-order valence-corrected chi connectivity index (χ3v) is 4.01. The van der Waals surface area contributed by atoms with Gasteiger partial charge < -0.3 is 14.1 Å². The Labute approximate surface area is 131 Å². The average molecular weight is 316 g/mol. The molecule has 6 heteroatoms. The molecule has 3 aromatic rings. The molecule has 1 aromatic carbocycles. The third kappa shape index (κ3) is 2.55. The predicted molar refractivity (Wildman–Crippen MR) is 81.3 cm³/mol. The SMILES string of the molecule is Fc1cc(F)c2nccc(N3CCOC(c4ccco4)C3)c2c1. The first kappa shape index (κ1) is 14.1. The van der Waals surface area contributed by atoms with E-state index < -0.39 is 11.6 Å². The molecule has 118 valence electrons. The van der Waals surface area contributed by atoms with Crippen molar-refractivity contribution in [3.8, 4) is 0 Å². The average Bonchev–Trinajstić information content (AvgIpc) is 3.09. The molecule has 1 fully saturated rings. The molecule has 4 nitrogen and oxygen atoms in total. The molecule has 0 spiro atoms. The van der Waals surface area contributed by atoms with Crippen molar-refractivity contribution in [2.45, 2.75) is 6.10 Å². The summed E-state index contributed by atoms with van der Waals surface area (Å²) in [6.07, 6.45) is 2.93. The minimum absolute atomic E-state index is 0.171. The van der Waals surface area contributed by atoms with Gasteiger partial charge in [0.25, 0.3) is 0 Å². The van der Waals surface area contributed by atoms with Gasteiger partial charge in [-0.2, -0.15) is 0 Å². The van der Waals surface area contributed by atoms with Crippen LogP contribution in [0, 0.1) is 11.6 Å². The molecule has 2 aromatic heterocycles. The quantitative estimate of drug-likeness (QED) is 0.723. The predicted octanol–water partition coefficient (Wildman–Crippen LogP) is 3.68. The van der Waals surface area contributed by atoms with Crippen LogP contribution in [-0.2, 0) is 4.74 Å². The zero-order valence-corrected chi connectivity index (χ0v) is 12.2. The number of aromatic nitrogens is 1. The van der Waals surface area contributed by atoms with Crippen LogP contribution in [0.3, 0.4) is 0 Å². The van der Waals surface area contributed by atoms with Gasteiger partial charge in [0.05, 0.1) is 19.4 Å². The van der Waals surface area contributed by atoms with Gasteiger partial charge in [0.1, 0.15) is 23.2 Å². The van der Waals surface area contributed by atoms with E-state index in [4.69, 9.17) is 9.15 Å². The number of fused-ring (bicyclic) bond motifs is 1. The summed E-state index contributed by atoms with van der Waals surface area (Å²) in [7, 11) is 0. The second-order valence-electron chi connectivity index (χ2n) is 5.43. The minimum atomic E-state index is -0.655. The van der Waals surface area contributed by atoms with Crippen LogP contribution in [0.15, 0.2) is 47.2 Å². The van der Waals surface area contributed by atoms with Crippen LogP contribution >= 0.6 is 0 Å². The van der Waals surface area contributed by atoms with Gasteiger partial charge in [0.2, 0.25) is 0 Å². The maximum Gasteiger partial charge on any atom is 0.152 e. The summed E-state index contributed by atoms with van der Waals surface area (Å²) in [5, 5.41) is 0.463. The smallest absolute Gasteiger partial charge is 0.152 e. The van der Waals surface area contributed by atoms with E-state index in [9.17, 15) is 8.78 Å². The van der Waals surface area contributed by atoms with Gasteiger partial charge in [-0.25, -0.2) is 8.78 Å². The molecule has 4 rings (SSSR count). The van der Waals surface area contributed by atoms with Crippen molar-refractivity contribution in [2.24, 2.45) is 0 Å². The van der Waals surface area contributed by atoms with Gasteiger partial charge in [-0.15, -0.1) is 0 Å². The summed E-state index contributed by atoms with van der Waals surface area (Å²) in [4.78, 5) is 6.07. The minimum Gasteiger partial charge on any atom is -0.467 e. The number of rotatable bonds is 2. The Kier molecular flexibility index (Phi) is 3.46. The largest absolute Gasteiger partial charge is 0.467 e. The number of anilines is 1. The first-order chi connectivity index (χ1) is 11.2. The second kappa shape index (κ2) is 5.62. The zero-order valence-electron chi connectivity index (χ0n) is 12.2. The lowest BCUT2D eigenvalue weighted by Gasteiger charge is -2.34. The number of benzene rings is 1. The number of furan rings is 1. The maximum atomic E-state index is 13.9. The lowest BCUT2D eigenvalue weighted by molar-refractivity contribution is 0.0258. The first-order valence-corrected chi connectivity index (χ1v) is 7.36. The van der Waals surface area contributed by atoms with Crippen molar-refractivity contribution >= 4 is 16.6 Å². The Morgan fingerprint density at radius 2 is 2.13 bits per heavy atom. The molecule has 0 aliphatic carbocycles. The van der Waals surface area contributed by atoms with E-state index in [0.717, 1.165) is 17.5 Å². The number of hydrogen-bond donors (Lipinski definition) is 0. The fourth-order valence-corrected chi connectivity index (χ4v) is 2.96. The van der Waals surface area contributed by atoms with Crippen LogP contribution in [0.5, 0.6) is 0 Å². The number of hydrogen-bond acceptors (Lipinski definition) is 4. The number of ether oxygens (including phenoxy) is 1. The molecule has 3 heterocycles. The molecule has 1 saturated heterocycles. The summed E-state index contributed by atoms with van der Waals surface area (Å²) in [6, 6.07) is 7.61. The molecule has 1 aliphatic rings. The van der Waals surface area contributed by atoms with Crippen LogP contribution < -0.4 is 4.90 Å². The molecule has 0 N–H and O–H groups in total. The van der Waals surface area contributed by atoms with Crippen LogP contribution in [0.2, 0.25) is 0 Å². The molecule has 1 atom stereocenters. The van der Waals surface area contributed by atoms with E-state index in [1.54, 1.807) is 12.3 Å². The highest BCUT2D eigenvalue weighted by Crippen LogP contribution is 2.32. The lowest BCUT2D eigenvalue weighted by Crippen LogP contribution is -2.38. The number of halogens is 2. The standard InChI is InChI=1S/C17H14F2N2O2/c18-11-8-12-14(3-4-20-17(12)13(19)9-11)21-5-7-23-16(10-21)15-2-1-6-22-15/h1-4,6,8-9,16H,5,7,10H2. The number of nitrogens with zero attached hydrogens (tertiary/aromatic N) is 2. The number of morpholine rings is 1. The highest BCUT2D eigenvalue weighted by Gasteiger charge is 2.25. The van der Waals surface area contributed by atoms with E-state index >= 15 is 0 Å². The van der Waals surface area contributed by atoms with Crippen LogP contribution in [0.25, 0.3) is 10.9 Å². The Hall–Kier alpha value is -2.47. The molecule has 0 radical (unpaired) electrons. The monoisotopic (exact) mass is 316 g/mol. The van der Waals surface area contributed by atoms with Gasteiger partial charge in [0.15, 0.2) is 5.82 Å². The molecule has 1 unspecified atom stereocenters. The van der Waals surface area contributed by atoms with E-state index in [1.165, 1.54) is 12.3 Å². The summed E-state index contributed by atoms with van der Waals surface area (Å²) in [5.74, 6) is -0.525. The molecule has 1 aliphatic heterocycles. The highest BCUT2D eigenvalue weighted by atomic mass is 19.1. The van der Waals surface area contributed by atoms with Crippen molar-refractivity contribution in [3.63, 3.8) is 0 Å². The van der Waals surface area contributed by atoms with Gasteiger partial charge >= 0.3 is 0 Å². The Balaban J connectivity index is 1.74. The van der Waals surface area contributed by atoms with Crippen LogP contribution in [0.4, 0.5) is 14.5 Å². The van der Waals surface area contributed by atoms with E-state index in [1.807, 2.05) is 17.0 Å². The maximum absolute atomic E-state index is 13.9. The second-order valence-corrected chi connectivity index (χ2v) is 5.43. The van der Waals surface area contributed by atoms with Gasteiger partial charge in [-0.1, -0.05) is 0 Å². The fourth-order valence-electron chi connectivity index (χ4n) is 2.96. The van der Waals surface area contributed by atoms with Crippen molar-refractivity contribution in [1.82, 2.24) is 4.98 Å². The van der Waals surface area contributed by atoms with Crippen molar-refractivity contribution in [2.75, 3.05) is 24.6 Å². The zero-order chi connectivity index (χ0) is 15.8. The Morgan fingerprint density at radius 1 is 1.22 bits per heavy atom. The normalized spacial score (nSPS) is 18.5. The molecule has 0 amide bonds. The summed E-state index contributed by atoms with van der Waals surface area (Å²) >= 11 is 0. The molecule has 0 bridgehead atoms. The third-order valence-electron chi connectivity index (χ3n) is 4.01. The topological polar surface area (TPSA) is 38.5 Å². The van der Waals surface area contributed by atoms with Gasteiger partial charge in [-0.05, 0) is 24.3 Å². The van der Waals surface area contributed by atoms with Crippen molar-refractivity contribution < 1.29 is 17.9 Å². The number of pyridine rings is 1. The van der Waals surface area contributed by atoms with Crippen molar-refractivity contribution in [3.05, 3.63) is 60.2 Å². The summed E-state index contributed by atoms with van der Waals surface area (Å²) in [6.45, 7) is 1.69. The fraction of sp³-hybridized carbons (Fsp3) is 0.235. The van der Waals surface area contributed by atoms with Crippen LogP contribution in [0.1, 0.15) is 11.9 Å². The summed E-state index contributed by atoms with van der Waals surface area (Å²) < 4.78 is 38.7. The summed E-state index contributed by atoms with van der Waals surface area (Å²) in [5.41, 5.74) is 0.915. The highest BCUT2D eigenvalue weighted by molar-refractivity contribution is 5.92. The Bertz CT molecular complexity index is 836. The van der Waals surface area contributed by atoms with E-state index in [2.05, 4.69) is 4.98 Å². The van der Waals surface area contributed by atoms with Crippen molar-refractivity contribution in [1.29, 1.82) is 0 Å². The molecule has 23 heavy (non-hydrogen) atoms. The molecular weight excluding hydrogens is 302 g/mol. The molecular formula is C17H14F2N2O2. The van der Waals surface area contributed by atoms with E-state index in [0.29, 0.717) is 25.1 Å². The van der Waals surface area contributed by atoms with Gasteiger partial charge in [0, 0.05) is 29.9 Å². The Morgan fingerprint density at radius 3 is 2.96 bits per heavy atom. The first-order valence-electron chi connectivity index (χ1n) is 7.36.